The molecule has 2 unspecified atom stereocenters. The molecule has 4 rings (SSSR count). The molecule has 180 valence electrons. The highest BCUT2D eigenvalue weighted by molar-refractivity contribution is 14.0. The fourth-order valence-electron chi connectivity index (χ4n) is 4.97. The zero-order valence-corrected chi connectivity index (χ0v) is 22.1. The van der Waals surface area contributed by atoms with E-state index in [0.717, 1.165) is 69.8 Å². The van der Waals surface area contributed by atoms with Gasteiger partial charge in [0.05, 0.1) is 12.2 Å². The van der Waals surface area contributed by atoms with Gasteiger partial charge in [0.1, 0.15) is 5.82 Å². The van der Waals surface area contributed by atoms with E-state index < -0.39 is 0 Å². The zero-order valence-electron chi connectivity index (χ0n) is 19.8. The van der Waals surface area contributed by atoms with Crippen molar-refractivity contribution >= 4 is 35.6 Å². The van der Waals surface area contributed by atoms with Gasteiger partial charge in [-0.15, -0.1) is 24.0 Å². The minimum absolute atomic E-state index is 0. The molecule has 3 fully saturated rings. The van der Waals surface area contributed by atoms with Crippen LogP contribution in [0.4, 0.5) is 10.1 Å². The Balaban J connectivity index is 0.00000289. The van der Waals surface area contributed by atoms with Gasteiger partial charge < -0.3 is 20.4 Å². The molecule has 1 saturated carbocycles. The Hall–Kier alpha value is -1.13. The predicted octanol–water partition coefficient (Wildman–Crippen LogP) is 3.27. The Morgan fingerprint density at radius 3 is 2.53 bits per heavy atom. The largest absolute Gasteiger partial charge is 0.367 e. The van der Waals surface area contributed by atoms with E-state index >= 15 is 0 Å². The van der Waals surface area contributed by atoms with E-state index in [0.29, 0.717) is 24.3 Å². The maximum atomic E-state index is 14.8. The number of anilines is 1. The molecule has 0 amide bonds. The molecule has 1 aromatic rings. The summed E-state index contributed by atoms with van der Waals surface area (Å²) in [6.07, 6.45) is 3.84. The van der Waals surface area contributed by atoms with Crippen LogP contribution >= 0.6 is 24.0 Å². The highest BCUT2D eigenvalue weighted by atomic mass is 127. The van der Waals surface area contributed by atoms with Gasteiger partial charge in [0.25, 0.3) is 0 Å². The van der Waals surface area contributed by atoms with Gasteiger partial charge in [-0.05, 0) is 57.4 Å². The second-order valence-electron chi connectivity index (χ2n) is 9.26. The Bertz CT molecular complexity index is 763. The Morgan fingerprint density at radius 2 is 1.91 bits per heavy atom. The number of nitrogens with one attached hydrogen (secondary N) is 2. The van der Waals surface area contributed by atoms with Crippen LogP contribution < -0.4 is 15.5 Å². The van der Waals surface area contributed by atoms with Gasteiger partial charge in [-0.2, -0.15) is 0 Å². The van der Waals surface area contributed by atoms with Crippen LogP contribution in [-0.2, 0) is 6.54 Å². The van der Waals surface area contributed by atoms with Crippen molar-refractivity contribution in [2.24, 2.45) is 4.99 Å². The molecule has 2 atom stereocenters. The van der Waals surface area contributed by atoms with E-state index in [1.165, 1.54) is 12.8 Å². The lowest BCUT2D eigenvalue weighted by Crippen LogP contribution is -2.46. The molecule has 2 heterocycles. The summed E-state index contributed by atoms with van der Waals surface area (Å²) in [6.45, 7) is 13.8. The number of aliphatic imine (C=N–C) groups is 1. The quantitative estimate of drug-likeness (QED) is 0.306. The van der Waals surface area contributed by atoms with E-state index in [-0.39, 0.29) is 29.8 Å². The normalized spacial score (nSPS) is 25.0. The number of likely N-dealkylation sites (N-methyl/N-ethyl adjacent to an activating group) is 1. The van der Waals surface area contributed by atoms with E-state index in [4.69, 9.17) is 4.99 Å². The van der Waals surface area contributed by atoms with Gasteiger partial charge in [0, 0.05) is 57.4 Å². The number of piperazine rings is 1. The number of rotatable bonds is 7. The fourth-order valence-corrected chi connectivity index (χ4v) is 4.97. The standard InChI is InChI=1S/C24H39FN6.HI/c1-4-26-24(28-20-14-18(3)31(17-20)21-7-8-21)27-16-19-6-9-23(22(25)15-19)30-12-10-29(5-2)11-13-30;/h6,9,15,18,20-21H,4-5,7-8,10-14,16-17H2,1-3H3,(H2,26,27,28);1H. The first-order chi connectivity index (χ1) is 15.1. The monoisotopic (exact) mass is 558 g/mol. The average Bonchev–Trinajstić information content (AvgIpc) is 3.55. The summed E-state index contributed by atoms with van der Waals surface area (Å²) in [6, 6.07) is 7.45. The summed E-state index contributed by atoms with van der Waals surface area (Å²) in [5.41, 5.74) is 1.62. The third-order valence-corrected chi connectivity index (χ3v) is 6.92. The molecule has 1 aliphatic carbocycles. The van der Waals surface area contributed by atoms with Gasteiger partial charge in [0.15, 0.2) is 5.96 Å². The van der Waals surface area contributed by atoms with Crippen LogP contribution in [0.15, 0.2) is 23.2 Å². The predicted molar refractivity (Wildman–Crippen MR) is 142 cm³/mol. The first-order valence-electron chi connectivity index (χ1n) is 12.1. The number of nitrogens with zero attached hydrogens (tertiary/aromatic N) is 4. The third kappa shape index (κ3) is 6.47. The van der Waals surface area contributed by atoms with Crippen molar-refractivity contribution in [2.75, 3.05) is 50.7 Å². The lowest BCUT2D eigenvalue weighted by atomic mass is 10.1. The van der Waals surface area contributed by atoms with Crippen molar-refractivity contribution in [1.82, 2.24) is 20.4 Å². The lowest BCUT2D eigenvalue weighted by Gasteiger charge is -2.35. The first kappa shape index (κ1) is 25.5. The van der Waals surface area contributed by atoms with E-state index in [1.54, 1.807) is 6.07 Å². The van der Waals surface area contributed by atoms with E-state index in [1.807, 2.05) is 12.1 Å². The Labute approximate surface area is 210 Å². The number of hydrogen-bond acceptors (Lipinski definition) is 4. The van der Waals surface area contributed by atoms with Gasteiger partial charge in [-0.3, -0.25) is 4.90 Å². The second kappa shape index (κ2) is 11.8. The average molecular weight is 559 g/mol. The Kier molecular flexibility index (Phi) is 9.43. The maximum Gasteiger partial charge on any atom is 0.191 e. The summed E-state index contributed by atoms with van der Waals surface area (Å²) in [5, 5.41) is 6.96. The van der Waals surface area contributed by atoms with Gasteiger partial charge >= 0.3 is 0 Å². The number of likely N-dealkylation sites (tertiary alicyclic amines) is 1. The summed E-state index contributed by atoms with van der Waals surface area (Å²) >= 11 is 0. The first-order valence-corrected chi connectivity index (χ1v) is 12.1. The highest BCUT2D eigenvalue weighted by Crippen LogP contribution is 2.33. The van der Waals surface area contributed by atoms with Crippen LogP contribution in [0, 0.1) is 5.82 Å². The van der Waals surface area contributed by atoms with Gasteiger partial charge in [-0.1, -0.05) is 13.0 Å². The molecular weight excluding hydrogens is 518 g/mol. The topological polar surface area (TPSA) is 46.1 Å². The minimum atomic E-state index is -0.139. The van der Waals surface area contributed by atoms with Gasteiger partial charge in [0.2, 0.25) is 0 Å². The molecule has 1 aromatic carbocycles. The second-order valence-corrected chi connectivity index (χ2v) is 9.26. The van der Waals surface area contributed by atoms with Crippen molar-refractivity contribution in [1.29, 1.82) is 0 Å². The Morgan fingerprint density at radius 1 is 1.16 bits per heavy atom. The van der Waals surface area contributed by atoms with Crippen LogP contribution in [0.3, 0.4) is 0 Å². The van der Waals surface area contributed by atoms with Crippen LogP contribution in [0.25, 0.3) is 0 Å². The summed E-state index contributed by atoms with van der Waals surface area (Å²) < 4.78 is 14.8. The zero-order chi connectivity index (χ0) is 21.8. The molecule has 32 heavy (non-hydrogen) atoms. The molecule has 2 aliphatic heterocycles. The van der Waals surface area contributed by atoms with Crippen LogP contribution in [0.1, 0.15) is 45.6 Å². The van der Waals surface area contributed by atoms with Crippen molar-refractivity contribution < 1.29 is 4.39 Å². The molecule has 8 heteroatoms. The molecule has 2 N–H and O–H groups in total. The lowest BCUT2D eigenvalue weighted by molar-refractivity contribution is 0.256. The van der Waals surface area contributed by atoms with Crippen molar-refractivity contribution in [2.45, 2.75) is 64.7 Å². The van der Waals surface area contributed by atoms with Crippen LogP contribution in [0.2, 0.25) is 0 Å². The molecule has 0 spiro atoms. The van der Waals surface area contributed by atoms with Crippen molar-refractivity contribution in [3.8, 4) is 0 Å². The smallest absolute Gasteiger partial charge is 0.191 e. The maximum absolute atomic E-state index is 14.8. The summed E-state index contributed by atoms with van der Waals surface area (Å²) in [7, 11) is 0. The van der Waals surface area contributed by atoms with Crippen LogP contribution in [-0.4, -0.2) is 79.7 Å². The minimum Gasteiger partial charge on any atom is -0.367 e. The van der Waals surface area contributed by atoms with E-state index in [2.05, 4.69) is 46.1 Å². The van der Waals surface area contributed by atoms with Crippen molar-refractivity contribution in [3.05, 3.63) is 29.6 Å². The molecule has 3 aliphatic rings. The molecule has 2 saturated heterocycles. The fraction of sp³-hybridized carbons (Fsp3) is 0.708. The number of halogens is 2. The molecule has 0 radical (unpaired) electrons. The summed E-state index contributed by atoms with van der Waals surface area (Å²) in [5.74, 6) is 0.692. The van der Waals surface area contributed by atoms with E-state index in [9.17, 15) is 4.39 Å². The highest BCUT2D eigenvalue weighted by Gasteiger charge is 2.38. The molecule has 0 aromatic heterocycles. The summed E-state index contributed by atoms with van der Waals surface area (Å²) in [4.78, 5) is 11.9. The molecular formula is C24H40FIN6. The number of hydrogen-bond donors (Lipinski definition) is 2. The molecule has 0 bridgehead atoms. The van der Waals surface area contributed by atoms with Crippen molar-refractivity contribution in [3.63, 3.8) is 0 Å². The molecule has 6 nitrogen and oxygen atoms in total. The SMILES string of the molecule is CCNC(=NCc1ccc(N2CCN(CC)CC2)c(F)c1)NC1CC(C)N(C2CC2)C1.I. The number of benzene rings is 1. The third-order valence-electron chi connectivity index (χ3n) is 6.92. The van der Waals surface area contributed by atoms with Crippen LogP contribution in [0.5, 0.6) is 0 Å². The number of guanidine groups is 1. The van der Waals surface area contributed by atoms with Gasteiger partial charge in [-0.25, -0.2) is 9.38 Å².